The summed E-state index contributed by atoms with van der Waals surface area (Å²) >= 11 is 1.59. The lowest BCUT2D eigenvalue weighted by atomic mass is 10.1. The SMILES string of the molecule is OC(Cc1csc(-c2ccncc2)n1)c1ccccc1. The zero-order valence-electron chi connectivity index (χ0n) is 10.8. The molecule has 2 heterocycles. The lowest BCUT2D eigenvalue weighted by Crippen LogP contribution is -2.01. The highest BCUT2D eigenvalue weighted by molar-refractivity contribution is 7.13. The second-order valence-corrected chi connectivity index (χ2v) is 5.37. The van der Waals surface area contributed by atoms with Crippen LogP contribution >= 0.6 is 11.3 Å². The van der Waals surface area contributed by atoms with E-state index in [0.717, 1.165) is 21.8 Å². The Morgan fingerprint density at radius 1 is 1.05 bits per heavy atom. The van der Waals surface area contributed by atoms with Gasteiger partial charge in [0.2, 0.25) is 0 Å². The van der Waals surface area contributed by atoms with Gasteiger partial charge >= 0.3 is 0 Å². The van der Waals surface area contributed by atoms with Crippen molar-refractivity contribution >= 4 is 11.3 Å². The van der Waals surface area contributed by atoms with Crippen molar-refractivity contribution in [2.75, 3.05) is 0 Å². The fraction of sp³-hybridized carbons (Fsp3) is 0.125. The maximum atomic E-state index is 10.2. The Hall–Kier alpha value is -2.04. The van der Waals surface area contributed by atoms with E-state index in [1.807, 2.05) is 47.8 Å². The maximum absolute atomic E-state index is 10.2. The standard InChI is InChI=1S/C16H14N2OS/c19-15(12-4-2-1-3-5-12)10-14-11-20-16(18-14)13-6-8-17-9-7-13/h1-9,11,15,19H,10H2. The van der Waals surface area contributed by atoms with E-state index in [4.69, 9.17) is 0 Å². The third kappa shape index (κ3) is 2.92. The quantitative estimate of drug-likeness (QED) is 0.797. The zero-order valence-corrected chi connectivity index (χ0v) is 11.6. The van der Waals surface area contributed by atoms with Crippen molar-refractivity contribution in [3.8, 4) is 10.6 Å². The van der Waals surface area contributed by atoms with Crippen molar-refractivity contribution in [2.45, 2.75) is 12.5 Å². The van der Waals surface area contributed by atoms with Gasteiger partial charge in [-0.2, -0.15) is 0 Å². The van der Waals surface area contributed by atoms with Crippen LogP contribution in [0.5, 0.6) is 0 Å². The maximum Gasteiger partial charge on any atom is 0.123 e. The van der Waals surface area contributed by atoms with Crippen molar-refractivity contribution in [2.24, 2.45) is 0 Å². The van der Waals surface area contributed by atoms with Gasteiger partial charge in [0, 0.05) is 29.8 Å². The van der Waals surface area contributed by atoms with Gasteiger partial charge in [0.15, 0.2) is 0 Å². The van der Waals surface area contributed by atoms with Crippen LogP contribution in [0.2, 0.25) is 0 Å². The number of hydrogen-bond acceptors (Lipinski definition) is 4. The van der Waals surface area contributed by atoms with Crippen molar-refractivity contribution < 1.29 is 5.11 Å². The number of aliphatic hydroxyl groups excluding tert-OH is 1. The van der Waals surface area contributed by atoms with Crippen LogP contribution in [0.15, 0.2) is 60.2 Å². The fourth-order valence-electron chi connectivity index (χ4n) is 2.02. The van der Waals surface area contributed by atoms with Gasteiger partial charge in [0.25, 0.3) is 0 Å². The Kier molecular flexibility index (Phi) is 3.85. The summed E-state index contributed by atoms with van der Waals surface area (Å²) in [6.07, 6.45) is 3.54. The number of benzene rings is 1. The summed E-state index contributed by atoms with van der Waals surface area (Å²) in [6, 6.07) is 13.6. The topological polar surface area (TPSA) is 46.0 Å². The number of hydrogen-bond donors (Lipinski definition) is 1. The van der Waals surface area contributed by atoms with Crippen molar-refractivity contribution in [3.63, 3.8) is 0 Å². The zero-order chi connectivity index (χ0) is 13.8. The third-order valence-electron chi connectivity index (χ3n) is 3.07. The van der Waals surface area contributed by atoms with Crippen molar-refractivity contribution in [1.82, 2.24) is 9.97 Å². The average molecular weight is 282 g/mol. The van der Waals surface area contributed by atoms with E-state index < -0.39 is 6.10 Å². The third-order valence-corrected chi connectivity index (χ3v) is 4.01. The summed E-state index contributed by atoms with van der Waals surface area (Å²) in [6.45, 7) is 0. The van der Waals surface area contributed by atoms with Gasteiger partial charge in [-0.3, -0.25) is 4.98 Å². The van der Waals surface area contributed by atoms with Crippen LogP contribution in [0.4, 0.5) is 0 Å². The van der Waals surface area contributed by atoms with Crippen LogP contribution in [-0.2, 0) is 6.42 Å². The Morgan fingerprint density at radius 3 is 2.55 bits per heavy atom. The molecule has 20 heavy (non-hydrogen) atoms. The molecule has 4 heteroatoms. The molecule has 1 atom stereocenters. The Labute approximate surface area is 121 Å². The van der Waals surface area contributed by atoms with Gasteiger partial charge in [0.1, 0.15) is 5.01 Å². The molecule has 0 spiro atoms. The number of aliphatic hydroxyl groups is 1. The smallest absolute Gasteiger partial charge is 0.123 e. The average Bonchev–Trinajstić information content (AvgIpc) is 2.97. The highest BCUT2D eigenvalue weighted by Crippen LogP contribution is 2.25. The van der Waals surface area contributed by atoms with E-state index in [0.29, 0.717) is 6.42 Å². The van der Waals surface area contributed by atoms with Gasteiger partial charge in [-0.05, 0) is 17.7 Å². The molecule has 0 bridgehead atoms. The fourth-order valence-corrected chi connectivity index (χ4v) is 2.86. The number of nitrogens with zero attached hydrogens (tertiary/aromatic N) is 2. The molecule has 100 valence electrons. The molecule has 3 nitrogen and oxygen atoms in total. The van der Waals surface area contributed by atoms with E-state index in [2.05, 4.69) is 9.97 Å². The summed E-state index contributed by atoms with van der Waals surface area (Å²) in [5.74, 6) is 0. The highest BCUT2D eigenvalue weighted by atomic mass is 32.1. The van der Waals surface area contributed by atoms with E-state index in [1.54, 1.807) is 23.7 Å². The second kappa shape index (κ2) is 5.94. The molecule has 0 radical (unpaired) electrons. The lowest BCUT2D eigenvalue weighted by molar-refractivity contribution is 0.177. The molecular formula is C16H14N2OS. The molecule has 2 aromatic heterocycles. The first-order valence-electron chi connectivity index (χ1n) is 6.41. The minimum Gasteiger partial charge on any atom is -0.388 e. The van der Waals surface area contributed by atoms with E-state index in [1.165, 1.54) is 0 Å². The molecule has 0 aliphatic carbocycles. The minimum atomic E-state index is -0.511. The molecule has 0 aliphatic rings. The summed E-state index contributed by atoms with van der Waals surface area (Å²) in [7, 11) is 0. The van der Waals surface area contributed by atoms with Crippen molar-refractivity contribution in [1.29, 1.82) is 0 Å². The largest absolute Gasteiger partial charge is 0.388 e. The summed E-state index contributed by atoms with van der Waals surface area (Å²) in [5.41, 5.74) is 2.90. The van der Waals surface area contributed by atoms with Gasteiger partial charge < -0.3 is 5.11 Å². The predicted molar refractivity (Wildman–Crippen MR) is 80.5 cm³/mol. The first-order valence-corrected chi connectivity index (χ1v) is 7.29. The van der Waals surface area contributed by atoms with Crippen LogP contribution < -0.4 is 0 Å². The Bertz CT molecular complexity index is 667. The summed E-state index contributed by atoms with van der Waals surface area (Å²) < 4.78 is 0. The summed E-state index contributed by atoms with van der Waals surface area (Å²) in [5, 5.41) is 13.2. The van der Waals surface area contributed by atoms with Crippen LogP contribution in [0.25, 0.3) is 10.6 Å². The number of rotatable bonds is 4. The predicted octanol–water partition coefficient (Wildman–Crippen LogP) is 3.48. The first-order chi connectivity index (χ1) is 9.83. The van der Waals surface area contributed by atoms with Gasteiger partial charge in [-0.25, -0.2) is 4.98 Å². The normalized spacial score (nSPS) is 12.2. The lowest BCUT2D eigenvalue weighted by Gasteiger charge is -2.08. The Morgan fingerprint density at radius 2 is 1.80 bits per heavy atom. The summed E-state index contributed by atoms with van der Waals surface area (Å²) in [4.78, 5) is 8.58. The molecule has 0 fully saturated rings. The molecular weight excluding hydrogens is 268 g/mol. The number of aromatic nitrogens is 2. The molecule has 1 unspecified atom stereocenters. The van der Waals surface area contributed by atoms with Crippen LogP contribution in [-0.4, -0.2) is 15.1 Å². The van der Waals surface area contributed by atoms with E-state index >= 15 is 0 Å². The van der Waals surface area contributed by atoms with Crippen LogP contribution in [0, 0.1) is 0 Å². The molecule has 0 saturated carbocycles. The molecule has 3 aromatic rings. The number of thiazole rings is 1. The van der Waals surface area contributed by atoms with E-state index in [9.17, 15) is 5.11 Å². The molecule has 0 amide bonds. The molecule has 1 N–H and O–H groups in total. The first kappa shape index (κ1) is 13.0. The highest BCUT2D eigenvalue weighted by Gasteiger charge is 2.11. The van der Waals surface area contributed by atoms with Crippen LogP contribution in [0.1, 0.15) is 17.4 Å². The molecule has 3 rings (SSSR count). The van der Waals surface area contributed by atoms with Crippen LogP contribution in [0.3, 0.4) is 0 Å². The monoisotopic (exact) mass is 282 g/mol. The molecule has 1 aromatic carbocycles. The van der Waals surface area contributed by atoms with E-state index in [-0.39, 0.29) is 0 Å². The second-order valence-electron chi connectivity index (χ2n) is 4.51. The van der Waals surface area contributed by atoms with Crippen molar-refractivity contribution in [3.05, 3.63) is 71.5 Å². The molecule has 0 saturated heterocycles. The number of pyridine rings is 1. The van der Waals surface area contributed by atoms with Gasteiger partial charge in [0.05, 0.1) is 11.8 Å². The van der Waals surface area contributed by atoms with Gasteiger partial charge in [-0.1, -0.05) is 30.3 Å². The Balaban J connectivity index is 1.75. The minimum absolute atomic E-state index is 0.511. The molecule has 0 aliphatic heterocycles. The van der Waals surface area contributed by atoms with Gasteiger partial charge in [-0.15, -0.1) is 11.3 Å².